The SMILES string of the molecule is O=C(Nc1cccc(SC(C(=O)Nc2nc(-c3ccc4ccccc4c3)cs2)c2ccccc2)c1)/C(=C/c1cccs1)NC(=O)c1ccccc1. The zero-order valence-electron chi connectivity index (χ0n) is 27.0. The van der Waals surface area contributed by atoms with Gasteiger partial charge in [-0.05, 0) is 70.3 Å². The molecule has 1 atom stereocenters. The third-order valence-corrected chi connectivity index (χ3v) is 10.6. The van der Waals surface area contributed by atoms with E-state index >= 15 is 0 Å². The number of thioether (sulfide) groups is 1. The number of fused-ring (bicyclic) bond motifs is 1. The number of benzene rings is 5. The molecule has 5 aromatic carbocycles. The van der Waals surface area contributed by atoms with Crippen molar-refractivity contribution in [1.82, 2.24) is 10.3 Å². The Kier molecular flexibility index (Phi) is 10.4. The molecule has 0 radical (unpaired) electrons. The van der Waals surface area contributed by atoms with Crippen LogP contribution < -0.4 is 16.0 Å². The lowest BCUT2D eigenvalue weighted by Gasteiger charge is -2.17. The molecule has 3 N–H and O–H groups in total. The predicted molar refractivity (Wildman–Crippen MR) is 210 cm³/mol. The van der Waals surface area contributed by atoms with Crippen molar-refractivity contribution < 1.29 is 14.4 Å². The molecule has 0 fully saturated rings. The quantitative estimate of drug-likeness (QED) is 0.0912. The molecule has 2 aromatic heterocycles. The van der Waals surface area contributed by atoms with Crippen LogP contribution >= 0.6 is 34.4 Å². The second kappa shape index (κ2) is 15.8. The molecule has 7 nitrogen and oxygen atoms in total. The van der Waals surface area contributed by atoms with Crippen LogP contribution in [0.5, 0.6) is 0 Å². The summed E-state index contributed by atoms with van der Waals surface area (Å²) in [6.07, 6.45) is 1.65. The van der Waals surface area contributed by atoms with Gasteiger partial charge in [-0.3, -0.25) is 14.4 Å². The number of carbonyl (C=O) groups excluding carboxylic acids is 3. The van der Waals surface area contributed by atoms with E-state index in [1.54, 1.807) is 36.4 Å². The number of hydrogen-bond donors (Lipinski definition) is 3. The van der Waals surface area contributed by atoms with E-state index in [0.717, 1.165) is 37.4 Å². The summed E-state index contributed by atoms with van der Waals surface area (Å²) >= 11 is 4.20. The average Bonchev–Trinajstić information content (AvgIpc) is 3.87. The molecule has 0 spiro atoms. The molecule has 250 valence electrons. The smallest absolute Gasteiger partial charge is 0.272 e. The van der Waals surface area contributed by atoms with E-state index in [0.29, 0.717) is 16.4 Å². The Morgan fingerprint density at radius 2 is 1.47 bits per heavy atom. The van der Waals surface area contributed by atoms with Crippen molar-refractivity contribution in [1.29, 1.82) is 0 Å². The molecule has 10 heteroatoms. The van der Waals surface area contributed by atoms with Gasteiger partial charge in [0.05, 0.1) is 5.69 Å². The monoisotopic (exact) mass is 722 g/mol. The second-order valence-electron chi connectivity index (χ2n) is 11.4. The minimum absolute atomic E-state index is 0.109. The summed E-state index contributed by atoms with van der Waals surface area (Å²) in [6, 6.07) is 43.7. The predicted octanol–water partition coefficient (Wildman–Crippen LogP) is 9.91. The van der Waals surface area contributed by atoms with Crippen LogP contribution in [0, 0.1) is 0 Å². The first-order valence-corrected chi connectivity index (χ1v) is 18.6. The summed E-state index contributed by atoms with van der Waals surface area (Å²) in [7, 11) is 0. The van der Waals surface area contributed by atoms with Gasteiger partial charge in [0.25, 0.3) is 11.8 Å². The molecule has 0 aliphatic rings. The van der Waals surface area contributed by atoms with Gasteiger partial charge >= 0.3 is 0 Å². The lowest BCUT2D eigenvalue weighted by Crippen LogP contribution is -2.30. The Bertz CT molecular complexity index is 2340. The van der Waals surface area contributed by atoms with Gasteiger partial charge in [0, 0.05) is 32.0 Å². The summed E-state index contributed by atoms with van der Waals surface area (Å²) in [6.45, 7) is 0. The first-order chi connectivity index (χ1) is 25.0. The van der Waals surface area contributed by atoms with Crippen molar-refractivity contribution >= 4 is 79.8 Å². The first kappa shape index (κ1) is 33.7. The standard InChI is InChI=1S/C41H30N4O3S3/c46-38(29-14-5-2-6-15-29)43-35(25-33-19-10-22-49-33)39(47)42-32-17-9-18-34(24-32)51-37(28-12-3-1-4-13-28)40(48)45-41-44-36(26-50-41)31-21-20-27-11-7-8-16-30(27)23-31/h1-26,37H,(H,42,47)(H,43,46)(H,44,45,48)/b35-25-. The lowest BCUT2D eigenvalue weighted by atomic mass is 10.1. The number of nitrogens with zero attached hydrogens (tertiary/aromatic N) is 1. The van der Waals surface area contributed by atoms with Crippen LogP contribution in [0.3, 0.4) is 0 Å². The van der Waals surface area contributed by atoms with E-state index in [1.807, 2.05) is 95.7 Å². The number of nitrogens with one attached hydrogen (secondary N) is 3. The van der Waals surface area contributed by atoms with Crippen molar-refractivity contribution in [2.24, 2.45) is 0 Å². The molecule has 2 heterocycles. The molecule has 0 bridgehead atoms. The normalized spacial score (nSPS) is 11.9. The lowest BCUT2D eigenvalue weighted by molar-refractivity contribution is -0.116. The van der Waals surface area contributed by atoms with Crippen LogP contribution in [0.2, 0.25) is 0 Å². The van der Waals surface area contributed by atoms with Crippen molar-refractivity contribution in [3.8, 4) is 11.3 Å². The Hall–Kier alpha value is -5.81. The summed E-state index contributed by atoms with van der Waals surface area (Å²) < 4.78 is 0. The summed E-state index contributed by atoms with van der Waals surface area (Å²) in [5.74, 6) is -1.08. The van der Waals surface area contributed by atoms with Crippen LogP contribution in [0.25, 0.3) is 28.1 Å². The molecule has 7 rings (SSSR count). The van der Waals surface area contributed by atoms with E-state index < -0.39 is 11.2 Å². The zero-order chi connectivity index (χ0) is 35.0. The number of hydrogen-bond acceptors (Lipinski definition) is 7. The van der Waals surface area contributed by atoms with Crippen LogP contribution in [-0.2, 0) is 9.59 Å². The highest BCUT2D eigenvalue weighted by atomic mass is 32.2. The van der Waals surface area contributed by atoms with E-state index in [-0.39, 0.29) is 17.5 Å². The third-order valence-electron chi connectivity index (χ3n) is 7.82. The topological polar surface area (TPSA) is 100 Å². The van der Waals surface area contributed by atoms with Gasteiger partial charge in [-0.25, -0.2) is 4.98 Å². The van der Waals surface area contributed by atoms with Crippen LogP contribution in [0.15, 0.2) is 161 Å². The third kappa shape index (κ3) is 8.50. The molecule has 0 aliphatic carbocycles. The number of anilines is 2. The highest BCUT2D eigenvalue weighted by molar-refractivity contribution is 8.00. The first-order valence-electron chi connectivity index (χ1n) is 16.0. The van der Waals surface area contributed by atoms with Crippen molar-refractivity contribution in [2.45, 2.75) is 10.1 Å². The minimum Gasteiger partial charge on any atom is -0.321 e. The van der Waals surface area contributed by atoms with Crippen molar-refractivity contribution in [3.05, 3.63) is 172 Å². The Balaban J connectivity index is 1.08. The van der Waals surface area contributed by atoms with E-state index in [2.05, 4.69) is 40.2 Å². The van der Waals surface area contributed by atoms with Crippen molar-refractivity contribution in [3.63, 3.8) is 0 Å². The Labute approximate surface area is 307 Å². The Morgan fingerprint density at radius 3 is 2.25 bits per heavy atom. The number of amides is 3. The van der Waals surface area contributed by atoms with Crippen LogP contribution in [0.1, 0.15) is 26.0 Å². The van der Waals surface area contributed by atoms with Crippen molar-refractivity contribution in [2.75, 3.05) is 10.6 Å². The van der Waals surface area contributed by atoms with Gasteiger partial charge in [0.2, 0.25) is 5.91 Å². The average molecular weight is 723 g/mol. The molecule has 51 heavy (non-hydrogen) atoms. The number of thiazole rings is 1. The maximum absolute atomic E-state index is 13.9. The molecule has 1 unspecified atom stereocenters. The van der Waals surface area contributed by atoms with Crippen LogP contribution in [-0.4, -0.2) is 22.7 Å². The maximum Gasteiger partial charge on any atom is 0.272 e. The number of aromatic nitrogens is 1. The van der Waals surface area contributed by atoms with Gasteiger partial charge in [0.1, 0.15) is 10.9 Å². The molecule has 0 saturated heterocycles. The fourth-order valence-electron chi connectivity index (χ4n) is 5.32. The van der Waals surface area contributed by atoms with E-state index in [4.69, 9.17) is 4.98 Å². The second-order valence-corrected chi connectivity index (χ2v) is 14.4. The summed E-state index contributed by atoms with van der Waals surface area (Å²) in [5, 5.41) is 14.8. The minimum atomic E-state index is -0.607. The van der Waals surface area contributed by atoms with Gasteiger partial charge in [-0.1, -0.05) is 97.1 Å². The maximum atomic E-state index is 13.9. The van der Waals surface area contributed by atoms with E-state index in [1.165, 1.54) is 34.4 Å². The molecular weight excluding hydrogens is 693 g/mol. The Morgan fingerprint density at radius 1 is 0.706 bits per heavy atom. The van der Waals surface area contributed by atoms with Crippen LogP contribution in [0.4, 0.5) is 10.8 Å². The van der Waals surface area contributed by atoms with Gasteiger partial charge < -0.3 is 16.0 Å². The largest absolute Gasteiger partial charge is 0.321 e. The highest BCUT2D eigenvalue weighted by Crippen LogP contribution is 2.38. The van der Waals surface area contributed by atoms with Gasteiger partial charge in [0.15, 0.2) is 5.13 Å². The fourth-order valence-corrected chi connectivity index (χ4v) is 7.79. The molecule has 0 saturated carbocycles. The summed E-state index contributed by atoms with van der Waals surface area (Å²) in [5.41, 5.74) is 3.66. The molecular formula is C41H30N4O3S3. The zero-order valence-corrected chi connectivity index (χ0v) is 29.4. The number of thiophene rings is 1. The van der Waals surface area contributed by atoms with E-state index in [9.17, 15) is 14.4 Å². The molecule has 7 aromatic rings. The van der Waals surface area contributed by atoms with Gasteiger partial charge in [-0.2, -0.15) is 0 Å². The fraction of sp³-hybridized carbons (Fsp3) is 0.0244. The highest BCUT2D eigenvalue weighted by Gasteiger charge is 2.24. The molecule has 3 amide bonds. The number of carbonyl (C=O) groups is 3. The molecule has 0 aliphatic heterocycles. The number of rotatable bonds is 11. The van der Waals surface area contributed by atoms with Gasteiger partial charge in [-0.15, -0.1) is 34.4 Å². The summed E-state index contributed by atoms with van der Waals surface area (Å²) in [4.78, 5) is 46.8.